The normalized spacial score (nSPS) is 10.0. The Hall–Kier alpha value is -4.56. The summed E-state index contributed by atoms with van der Waals surface area (Å²) < 4.78 is 1.92. The van der Waals surface area contributed by atoms with Crippen molar-refractivity contribution in [1.29, 1.82) is 0 Å². The highest BCUT2D eigenvalue weighted by Gasteiger charge is 2.15. The van der Waals surface area contributed by atoms with Gasteiger partial charge < -0.3 is 11.5 Å². The summed E-state index contributed by atoms with van der Waals surface area (Å²) in [5.74, 6) is -1.00. The lowest BCUT2D eigenvalue weighted by atomic mass is 10.9. The Morgan fingerprint density at radius 3 is 1.46 bits per heavy atom. The molecule has 24 heavy (non-hydrogen) atoms. The van der Waals surface area contributed by atoms with E-state index >= 15 is 0 Å². The first-order chi connectivity index (χ1) is 11.6. The van der Waals surface area contributed by atoms with Crippen molar-refractivity contribution >= 4 is 23.8 Å². The molecule has 3 rings (SSSR count). The number of aromatic nitrogens is 10. The maximum absolute atomic E-state index is 8.33. The topological polar surface area (TPSA) is 263 Å². The minimum Gasteiger partial charge on any atom is -0.368 e. The van der Waals surface area contributed by atoms with Crippen molar-refractivity contribution in [2.45, 2.75) is 0 Å². The first-order valence-electron chi connectivity index (χ1n) is 5.76. The van der Waals surface area contributed by atoms with Gasteiger partial charge in [0, 0.05) is 9.82 Å². The van der Waals surface area contributed by atoms with Crippen LogP contribution in [0.4, 0.5) is 23.8 Å². The van der Waals surface area contributed by atoms with Gasteiger partial charge in [0.2, 0.25) is 23.8 Å². The second-order valence-electron chi connectivity index (χ2n) is 3.74. The van der Waals surface area contributed by atoms with E-state index < -0.39 is 0 Å². The van der Waals surface area contributed by atoms with Gasteiger partial charge in [-0.05, 0) is 21.3 Å². The molecule has 0 unspecified atom stereocenters. The van der Waals surface area contributed by atoms with Crippen LogP contribution in [0.1, 0.15) is 0 Å². The summed E-state index contributed by atoms with van der Waals surface area (Å²) in [5, 5.41) is 28.8. The molecule has 0 radical (unpaired) electrons. The molecule has 0 aliphatic rings. The minimum atomic E-state index is -0.220. The molecule has 0 aliphatic heterocycles. The number of nitrogen functional groups attached to an aromatic ring is 2. The Labute approximate surface area is 129 Å². The first kappa shape index (κ1) is 14.4. The van der Waals surface area contributed by atoms with E-state index in [9.17, 15) is 0 Å². The van der Waals surface area contributed by atoms with Crippen LogP contribution in [0.25, 0.3) is 32.8 Å². The molecular formula is C6H4N18. The van der Waals surface area contributed by atoms with Crippen LogP contribution in [-0.4, -0.2) is 49.9 Å². The van der Waals surface area contributed by atoms with Gasteiger partial charge in [-0.15, -0.1) is 30.6 Å². The molecule has 0 spiro atoms. The molecule has 3 heterocycles. The zero-order chi connectivity index (χ0) is 17.1. The number of azide groups is 2. The molecule has 18 heteroatoms. The maximum atomic E-state index is 8.33. The van der Waals surface area contributed by atoms with Crippen molar-refractivity contribution in [3.63, 3.8) is 0 Å². The summed E-state index contributed by atoms with van der Waals surface area (Å²) in [7, 11) is 0. The van der Waals surface area contributed by atoms with Gasteiger partial charge in [-0.25, -0.2) is 0 Å². The van der Waals surface area contributed by atoms with Crippen molar-refractivity contribution in [2.75, 3.05) is 11.5 Å². The summed E-state index contributed by atoms with van der Waals surface area (Å²) >= 11 is 0. The Morgan fingerprint density at radius 2 is 1.12 bits per heavy atom. The second-order valence-corrected chi connectivity index (χ2v) is 3.74. The molecule has 3 aromatic rings. The first-order valence-corrected chi connectivity index (χ1v) is 5.76. The third-order valence-electron chi connectivity index (χ3n) is 2.35. The highest BCUT2D eigenvalue weighted by Crippen LogP contribution is 2.13. The fourth-order valence-electron chi connectivity index (χ4n) is 1.47. The van der Waals surface area contributed by atoms with Crippen LogP contribution in [0, 0.1) is 0 Å². The SMILES string of the molecule is [N-]=[N+]=Nc1nc(N)n(-c2nnc(-n3nc(N=[N+]=[N-])nc3N)nn2)n1. The van der Waals surface area contributed by atoms with Crippen LogP contribution in [0.3, 0.4) is 0 Å². The molecule has 3 aromatic heterocycles. The van der Waals surface area contributed by atoms with Gasteiger partial charge >= 0.3 is 0 Å². The van der Waals surface area contributed by atoms with Gasteiger partial charge in [0.05, 0.1) is 0 Å². The third kappa shape index (κ3) is 2.50. The van der Waals surface area contributed by atoms with Crippen molar-refractivity contribution in [3.05, 3.63) is 20.9 Å². The smallest absolute Gasteiger partial charge is 0.292 e. The van der Waals surface area contributed by atoms with Gasteiger partial charge in [0.15, 0.2) is 0 Å². The molecule has 0 atom stereocenters. The van der Waals surface area contributed by atoms with E-state index in [2.05, 4.69) is 60.6 Å². The number of nitrogens with zero attached hydrogens (tertiary/aromatic N) is 16. The summed E-state index contributed by atoms with van der Waals surface area (Å²) in [5.41, 5.74) is 27.8. The lowest BCUT2D eigenvalue weighted by Crippen LogP contribution is -2.14. The molecular weight excluding hydrogens is 324 g/mol. The van der Waals surface area contributed by atoms with E-state index in [0.29, 0.717) is 0 Å². The van der Waals surface area contributed by atoms with Gasteiger partial charge in [-0.3, -0.25) is 0 Å². The Bertz CT molecular complexity index is 896. The summed E-state index contributed by atoms with van der Waals surface area (Å²) in [6.45, 7) is 0. The van der Waals surface area contributed by atoms with Gasteiger partial charge in [-0.2, -0.15) is 19.3 Å². The molecule has 0 saturated heterocycles. The average molecular weight is 328 g/mol. The van der Waals surface area contributed by atoms with Crippen LogP contribution in [0.2, 0.25) is 0 Å². The Morgan fingerprint density at radius 1 is 0.750 bits per heavy atom. The quantitative estimate of drug-likeness (QED) is 0.351. The highest BCUT2D eigenvalue weighted by atomic mass is 15.5. The minimum absolute atomic E-state index is 0.139. The summed E-state index contributed by atoms with van der Waals surface area (Å²) in [6.07, 6.45) is 0. The van der Waals surface area contributed by atoms with Gasteiger partial charge in [0.1, 0.15) is 0 Å². The number of nitrogens with two attached hydrogens (primary N) is 2. The maximum Gasteiger partial charge on any atom is 0.292 e. The van der Waals surface area contributed by atoms with E-state index in [1.54, 1.807) is 0 Å². The van der Waals surface area contributed by atoms with E-state index in [4.69, 9.17) is 22.5 Å². The second kappa shape index (κ2) is 5.67. The lowest BCUT2D eigenvalue weighted by molar-refractivity contribution is 0.686. The molecule has 0 bridgehead atoms. The molecule has 18 nitrogen and oxygen atoms in total. The number of hydrogen-bond donors (Lipinski definition) is 2. The van der Waals surface area contributed by atoms with Crippen LogP contribution >= 0.6 is 0 Å². The van der Waals surface area contributed by atoms with Crippen LogP contribution < -0.4 is 11.5 Å². The van der Waals surface area contributed by atoms with Crippen LogP contribution in [0.5, 0.6) is 0 Å². The van der Waals surface area contributed by atoms with Crippen molar-refractivity contribution < 1.29 is 0 Å². The van der Waals surface area contributed by atoms with Crippen LogP contribution in [0.15, 0.2) is 10.2 Å². The monoisotopic (exact) mass is 328 g/mol. The molecule has 0 saturated carbocycles. The summed E-state index contributed by atoms with van der Waals surface area (Å²) in [6, 6.07) is 0. The number of rotatable bonds is 4. The Balaban J connectivity index is 1.96. The average Bonchev–Trinajstić information content (AvgIpc) is 3.11. The molecule has 4 N–H and O–H groups in total. The van der Waals surface area contributed by atoms with Crippen molar-refractivity contribution in [2.24, 2.45) is 10.2 Å². The van der Waals surface area contributed by atoms with E-state index in [-0.39, 0.29) is 35.7 Å². The van der Waals surface area contributed by atoms with E-state index in [0.717, 1.165) is 9.36 Å². The summed E-state index contributed by atoms with van der Waals surface area (Å²) in [4.78, 5) is 12.4. The van der Waals surface area contributed by atoms with Crippen molar-refractivity contribution in [1.82, 2.24) is 49.9 Å². The molecule has 0 fully saturated rings. The van der Waals surface area contributed by atoms with Crippen molar-refractivity contribution in [3.8, 4) is 11.9 Å². The van der Waals surface area contributed by atoms with Gasteiger partial charge in [-0.1, -0.05) is 0 Å². The third-order valence-corrected chi connectivity index (χ3v) is 2.35. The molecule has 118 valence electrons. The largest absolute Gasteiger partial charge is 0.368 e. The fraction of sp³-hybridized carbons (Fsp3) is 0. The van der Waals surface area contributed by atoms with E-state index in [1.165, 1.54) is 0 Å². The zero-order valence-electron chi connectivity index (χ0n) is 11.3. The number of anilines is 2. The van der Waals surface area contributed by atoms with Gasteiger partial charge in [0.25, 0.3) is 11.9 Å². The highest BCUT2D eigenvalue weighted by molar-refractivity contribution is 5.33. The number of hydrogen-bond acceptors (Lipinski definition) is 12. The van der Waals surface area contributed by atoms with Crippen LogP contribution in [-0.2, 0) is 0 Å². The molecule has 0 aliphatic carbocycles. The molecule has 0 aromatic carbocycles. The zero-order valence-corrected chi connectivity index (χ0v) is 11.3. The molecule has 0 amide bonds. The fourth-order valence-corrected chi connectivity index (χ4v) is 1.47. The predicted molar refractivity (Wildman–Crippen MR) is 73.9 cm³/mol. The van der Waals surface area contributed by atoms with E-state index in [1.807, 2.05) is 0 Å². The lowest BCUT2D eigenvalue weighted by Gasteiger charge is -2.00. The standard InChI is InChI=1S/C6H4N18/c7-1-11-3(13-21-9)19-23(1)5-15-17-6(18-16-5)24-2(8)12-4(20-24)14-22-10/h(H2,7,11,19)(H2,8,12,20). The Kier molecular flexibility index (Phi) is 3.40. The predicted octanol–water partition coefficient (Wildman–Crippen LogP) is -0.524.